The van der Waals surface area contributed by atoms with Crippen LogP contribution >= 0.6 is 0 Å². The predicted octanol–water partition coefficient (Wildman–Crippen LogP) is 1.25. The molecule has 1 fully saturated rings. The van der Waals surface area contributed by atoms with Gasteiger partial charge in [-0.15, -0.1) is 15.3 Å². The molecule has 3 heterocycles. The summed E-state index contributed by atoms with van der Waals surface area (Å²) in [6.45, 7) is 6.54. The summed E-state index contributed by atoms with van der Waals surface area (Å²) in [6.07, 6.45) is 0. The zero-order valence-corrected chi connectivity index (χ0v) is 13.2. The smallest absolute Gasteiger partial charge is 0.219 e. The number of fused-ring (bicyclic) bond motifs is 3. The molecule has 0 saturated carbocycles. The van der Waals surface area contributed by atoms with E-state index < -0.39 is 0 Å². The van der Waals surface area contributed by atoms with Crippen LogP contribution < -0.4 is 4.90 Å². The topological polar surface area (TPSA) is 66.6 Å². The summed E-state index contributed by atoms with van der Waals surface area (Å²) in [6, 6.07) is 8.14. The minimum Gasteiger partial charge on any atom is -0.351 e. The molecule has 1 aliphatic heterocycles. The molecule has 7 nitrogen and oxygen atoms in total. The van der Waals surface area contributed by atoms with E-state index in [1.54, 1.807) is 11.4 Å². The molecule has 1 aromatic carbocycles. The molecule has 2 aromatic heterocycles. The van der Waals surface area contributed by atoms with Crippen LogP contribution in [0.2, 0.25) is 0 Å². The molecular formula is C16H18N6O. The molecule has 0 N–H and O–H groups in total. The van der Waals surface area contributed by atoms with E-state index in [0.29, 0.717) is 0 Å². The number of hydrogen-bond acceptors (Lipinski definition) is 5. The second-order valence-corrected chi connectivity index (χ2v) is 5.84. The molecule has 0 radical (unpaired) electrons. The number of aryl methyl sites for hydroxylation is 1. The standard InChI is InChI=1S/C16H18N6O/c1-11-17-18-15-13-5-3-4-6-14(13)16(19-22(11)15)21-9-7-20(8-10-21)12(2)23/h3-6H,7-10H2,1-2H3. The number of benzene rings is 1. The van der Waals surface area contributed by atoms with Crippen LogP contribution in [-0.4, -0.2) is 56.8 Å². The zero-order chi connectivity index (χ0) is 16.0. The maximum Gasteiger partial charge on any atom is 0.219 e. The summed E-state index contributed by atoms with van der Waals surface area (Å²) in [4.78, 5) is 15.6. The van der Waals surface area contributed by atoms with Crippen LogP contribution in [0.5, 0.6) is 0 Å². The van der Waals surface area contributed by atoms with Crippen molar-refractivity contribution < 1.29 is 4.79 Å². The summed E-state index contributed by atoms with van der Waals surface area (Å²) < 4.78 is 1.80. The highest BCUT2D eigenvalue weighted by molar-refractivity contribution is 6.00. The van der Waals surface area contributed by atoms with Gasteiger partial charge in [-0.1, -0.05) is 24.3 Å². The lowest BCUT2D eigenvalue weighted by molar-refractivity contribution is -0.129. The number of piperazine rings is 1. The van der Waals surface area contributed by atoms with E-state index in [-0.39, 0.29) is 5.91 Å². The zero-order valence-electron chi connectivity index (χ0n) is 13.2. The Bertz CT molecular complexity index is 894. The normalized spacial score (nSPS) is 15.6. The van der Waals surface area contributed by atoms with E-state index >= 15 is 0 Å². The fourth-order valence-electron chi connectivity index (χ4n) is 3.13. The number of carbonyl (C=O) groups excluding carboxylic acids is 1. The SMILES string of the molecule is CC(=O)N1CCN(c2nn3c(C)nnc3c3ccccc23)CC1. The van der Waals surface area contributed by atoms with Crippen molar-refractivity contribution >= 4 is 28.1 Å². The number of hydrogen-bond donors (Lipinski definition) is 0. The van der Waals surface area contributed by atoms with E-state index in [1.165, 1.54) is 0 Å². The van der Waals surface area contributed by atoms with E-state index in [4.69, 9.17) is 5.10 Å². The summed E-state index contributed by atoms with van der Waals surface area (Å²) in [5, 5.41) is 15.3. The van der Waals surface area contributed by atoms with Crippen molar-refractivity contribution in [3.05, 3.63) is 30.1 Å². The van der Waals surface area contributed by atoms with Crippen LogP contribution in [0, 0.1) is 6.92 Å². The van der Waals surface area contributed by atoms with Gasteiger partial charge in [0.1, 0.15) is 0 Å². The largest absolute Gasteiger partial charge is 0.351 e. The average molecular weight is 310 g/mol. The highest BCUT2D eigenvalue weighted by Gasteiger charge is 2.22. The molecule has 0 bridgehead atoms. The molecule has 1 aliphatic rings. The summed E-state index contributed by atoms with van der Waals surface area (Å²) in [5.41, 5.74) is 0.782. The van der Waals surface area contributed by atoms with Crippen LogP contribution in [0.1, 0.15) is 12.7 Å². The van der Waals surface area contributed by atoms with Crippen molar-refractivity contribution in [2.75, 3.05) is 31.1 Å². The van der Waals surface area contributed by atoms with Crippen LogP contribution in [0.15, 0.2) is 24.3 Å². The van der Waals surface area contributed by atoms with Crippen molar-refractivity contribution in [2.45, 2.75) is 13.8 Å². The molecule has 1 amide bonds. The first-order valence-electron chi connectivity index (χ1n) is 7.76. The minimum atomic E-state index is 0.132. The van der Waals surface area contributed by atoms with Crippen LogP contribution in [-0.2, 0) is 4.79 Å². The molecule has 118 valence electrons. The molecule has 1 saturated heterocycles. The van der Waals surface area contributed by atoms with Gasteiger partial charge >= 0.3 is 0 Å². The van der Waals surface area contributed by atoms with Gasteiger partial charge in [-0.05, 0) is 6.92 Å². The second kappa shape index (κ2) is 5.19. The summed E-state index contributed by atoms with van der Waals surface area (Å²) >= 11 is 0. The van der Waals surface area contributed by atoms with Gasteiger partial charge in [0.05, 0.1) is 0 Å². The number of amides is 1. The molecule has 3 aromatic rings. The second-order valence-electron chi connectivity index (χ2n) is 5.84. The average Bonchev–Trinajstić information content (AvgIpc) is 2.95. The monoisotopic (exact) mass is 310 g/mol. The number of rotatable bonds is 1. The molecule has 0 atom stereocenters. The first-order valence-corrected chi connectivity index (χ1v) is 7.76. The van der Waals surface area contributed by atoms with Crippen LogP contribution in [0.3, 0.4) is 0 Å². The Morgan fingerprint density at radius 3 is 2.43 bits per heavy atom. The first kappa shape index (κ1) is 13.9. The third-order valence-electron chi connectivity index (χ3n) is 4.42. The number of nitrogens with zero attached hydrogens (tertiary/aromatic N) is 6. The molecular weight excluding hydrogens is 292 g/mol. The van der Waals surface area contributed by atoms with E-state index in [2.05, 4.69) is 27.2 Å². The number of aromatic nitrogens is 4. The van der Waals surface area contributed by atoms with Gasteiger partial charge in [-0.2, -0.15) is 4.52 Å². The Balaban J connectivity index is 1.82. The maximum absolute atomic E-state index is 11.5. The lowest BCUT2D eigenvalue weighted by atomic mass is 10.1. The maximum atomic E-state index is 11.5. The quantitative estimate of drug-likeness (QED) is 0.677. The Labute approximate surface area is 133 Å². The number of carbonyl (C=O) groups is 1. The third-order valence-corrected chi connectivity index (χ3v) is 4.42. The first-order chi connectivity index (χ1) is 11.1. The number of anilines is 1. The van der Waals surface area contributed by atoms with E-state index in [9.17, 15) is 4.79 Å². The van der Waals surface area contributed by atoms with E-state index in [0.717, 1.165) is 54.2 Å². The summed E-state index contributed by atoms with van der Waals surface area (Å²) in [7, 11) is 0. The fourth-order valence-corrected chi connectivity index (χ4v) is 3.13. The molecule has 0 spiro atoms. The lowest BCUT2D eigenvalue weighted by Gasteiger charge is -2.35. The van der Waals surface area contributed by atoms with Gasteiger partial charge in [0.25, 0.3) is 0 Å². The van der Waals surface area contributed by atoms with Crippen LogP contribution in [0.25, 0.3) is 16.4 Å². The Morgan fingerprint density at radius 1 is 1.04 bits per heavy atom. The Kier molecular flexibility index (Phi) is 3.14. The van der Waals surface area contributed by atoms with Gasteiger partial charge in [0.15, 0.2) is 17.3 Å². The van der Waals surface area contributed by atoms with Gasteiger partial charge in [0, 0.05) is 43.9 Å². The summed E-state index contributed by atoms with van der Waals surface area (Å²) in [5.74, 6) is 1.83. The van der Waals surface area contributed by atoms with Crippen LogP contribution in [0.4, 0.5) is 5.82 Å². The molecule has 0 unspecified atom stereocenters. The van der Waals surface area contributed by atoms with Crippen molar-refractivity contribution in [3.8, 4) is 0 Å². The fraction of sp³-hybridized carbons (Fsp3) is 0.375. The molecule has 0 aliphatic carbocycles. The van der Waals surface area contributed by atoms with Gasteiger partial charge < -0.3 is 9.80 Å². The van der Waals surface area contributed by atoms with Crippen molar-refractivity contribution in [1.29, 1.82) is 0 Å². The third kappa shape index (κ3) is 2.19. The predicted molar refractivity (Wildman–Crippen MR) is 87.5 cm³/mol. The van der Waals surface area contributed by atoms with E-state index in [1.807, 2.05) is 24.0 Å². The Hall–Kier alpha value is -2.70. The molecule has 7 heteroatoms. The van der Waals surface area contributed by atoms with Gasteiger partial charge in [-0.3, -0.25) is 4.79 Å². The van der Waals surface area contributed by atoms with Gasteiger partial charge in [-0.25, -0.2) is 0 Å². The van der Waals surface area contributed by atoms with Crippen molar-refractivity contribution in [1.82, 2.24) is 24.7 Å². The highest BCUT2D eigenvalue weighted by atomic mass is 16.2. The minimum absolute atomic E-state index is 0.132. The molecule has 23 heavy (non-hydrogen) atoms. The molecule has 4 rings (SSSR count). The van der Waals surface area contributed by atoms with Gasteiger partial charge in [0.2, 0.25) is 5.91 Å². The van der Waals surface area contributed by atoms with Crippen molar-refractivity contribution in [2.24, 2.45) is 0 Å². The highest BCUT2D eigenvalue weighted by Crippen LogP contribution is 2.28. The lowest BCUT2D eigenvalue weighted by Crippen LogP contribution is -2.48. The van der Waals surface area contributed by atoms with Crippen molar-refractivity contribution in [3.63, 3.8) is 0 Å². The Morgan fingerprint density at radius 2 is 1.74 bits per heavy atom.